The van der Waals surface area contributed by atoms with Gasteiger partial charge in [0, 0.05) is 11.8 Å². The van der Waals surface area contributed by atoms with E-state index >= 15 is 0 Å². The minimum absolute atomic E-state index is 0.107. The second-order valence-corrected chi connectivity index (χ2v) is 5.01. The standard InChI is InChI=1S/C18H19NO/c1-13-11-14(2)18(15(3)12-13)19-17(20)10-9-16-7-5-4-6-8-16/h4-12H,1-3H3,(H,19,20)/b10-9+. The molecule has 0 atom stereocenters. The van der Waals surface area contributed by atoms with Gasteiger partial charge in [-0.2, -0.15) is 0 Å². The fourth-order valence-electron chi connectivity index (χ4n) is 2.28. The molecule has 0 aliphatic rings. The quantitative estimate of drug-likeness (QED) is 0.825. The number of nitrogens with one attached hydrogen (secondary N) is 1. The van der Waals surface area contributed by atoms with E-state index in [1.807, 2.05) is 50.3 Å². The third kappa shape index (κ3) is 3.58. The summed E-state index contributed by atoms with van der Waals surface area (Å²) in [6, 6.07) is 13.9. The second-order valence-electron chi connectivity index (χ2n) is 5.01. The van der Waals surface area contributed by atoms with E-state index in [1.165, 1.54) is 5.56 Å². The van der Waals surface area contributed by atoms with Gasteiger partial charge in [-0.05, 0) is 43.5 Å². The Labute approximate surface area is 120 Å². The summed E-state index contributed by atoms with van der Waals surface area (Å²) in [5.74, 6) is -0.107. The van der Waals surface area contributed by atoms with Crippen molar-refractivity contribution in [3.05, 3.63) is 70.8 Å². The van der Waals surface area contributed by atoms with Crippen LogP contribution in [0.15, 0.2) is 48.5 Å². The minimum Gasteiger partial charge on any atom is -0.322 e. The molecule has 0 aromatic heterocycles. The number of carbonyl (C=O) groups is 1. The lowest BCUT2D eigenvalue weighted by Gasteiger charge is -2.11. The number of anilines is 1. The van der Waals surface area contributed by atoms with Gasteiger partial charge >= 0.3 is 0 Å². The van der Waals surface area contributed by atoms with Crippen LogP contribution in [0.25, 0.3) is 6.08 Å². The number of carbonyl (C=O) groups excluding carboxylic acids is 1. The molecule has 0 aliphatic carbocycles. The zero-order chi connectivity index (χ0) is 14.5. The van der Waals surface area contributed by atoms with Crippen molar-refractivity contribution < 1.29 is 4.79 Å². The monoisotopic (exact) mass is 265 g/mol. The molecule has 2 aromatic rings. The van der Waals surface area contributed by atoms with Crippen molar-refractivity contribution in [3.63, 3.8) is 0 Å². The maximum atomic E-state index is 12.0. The van der Waals surface area contributed by atoms with Crippen LogP contribution in [0.5, 0.6) is 0 Å². The summed E-state index contributed by atoms with van der Waals surface area (Å²) >= 11 is 0. The van der Waals surface area contributed by atoms with E-state index in [0.29, 0.717) is 0 Å². The highest BCUT2D eigenvalue weighted by Gasteiger charge is 2.05. The molecule has 0 bridgehead atoms. The number of benzene rings is 2. The first-order valence-electron chi connectivity index (χ1n) is 6.68. The number of aryl methyl sites for hydroxylation is 3. The van der Waals surface area contributed by atoms with E-state index < -0.39 is 0 Å². The van der Waals surface area contributed by atoms with Crippen molar-refractivity contribution in [1.82, 2.24) is 0 Å². The smallest absolute Gasteiger partial charge is 0.248 e. The van der Waals surface area contributed by atoms with Crippen LogP contribution in [0.4, 0.5) is 5.69 Å². The van der Waals surface area contributed by atoms with Gasteiger partial charge in [-0.3, -0.25) is 4.79 Å². The molecule has 102 valence electrons. The first-order valence-corrected chi connectivity index (χ1v) is 6.68. The number of rotatable bonds is 3. The lowest BCUT2D eigenvalue weighted by Crippen LogP contribution is -2.10. The Morgan fingerprint density at radius 1 is 1.00 bits per heavy atom. The summed E-state index contributed by atoms with van der Waals surface area (Å²) in [5.41, 5.74) is 5.30. The number of hydrogen-bond acceptors (Lipinski definition) is 1. The lowest BCUT2D eigenvalue weighted by molar-refractivity contribution is -0.111. The molecule has 0 heterocycles. The van der Waals surface area contributed by atoms with Gasteiger partial charge < -0.3 is 5.32 Å². The van der Waals surface area contributed by atoms with Crippen LogP contribution >= 0.6 is 0 Å². The number of amides is 1. The molecule has 1 N–H and O–H groups in total. The predicted molar refractivity (Wildman–Crippen MR) is 84.8 cm³/mol. The fourth-order valence-corrected chi connectivity index (χ4v) is 2.28. The highest BCUT2D eigenvalue weighted by atomic mass is 16.1. The molecule has 2 nitrogen and oxygen atoms in total. The third-order valence-electron chi connectivity index (χ3n) is 3.15. The van der Waals surface area contributed by atoms with Crippen LogP contribution in [-0.4, -0.2) is 5.91 Å². The molecule has 2 heteroatoms. The van der Waals surface area contributed by atoms with Gasteiger partial charge in [0.2, 0.25) is 5.91 Å². The molecule has 0 unspecified atom stereocenters. The SMILES string of the molecule is Cc1cc(C)c(NC(=O)/C=C/c2ccccc2)c(C)c1. The molecule has 0 spiro atoms. The van der Waals surface area contributed by atoms with Crippen LogP contribution in [0.2, 0.25) is 0 Å². The summed E-state index contributed by atoms with van der Waals surface area (Å²) in [6.07, 6.45) is 3.38. The van der Waals surface area contributed by atoms with Gasteiger partial charge in [-0.15, -0.1) is 0 Å². The van der Waals surface area contributed by atoms with E-state index in [1.54, 1.807) is 6.08 Å². The van der Waals surface area contributed by atoms with Gasteiger partial charge in [0.1, 0.15) is 0 Å². The largest absolute Gasteiger partial charge is 0.322 e. The van der Waals surface area contributed by atoms with E-state index in [2.05, 4.69) is 24.4 Å². The van der Waals surface area contributed by atoms with E-state index in [4.69, 9.17) is 0 Å². The molecule has 0 radical (unpaired) electrons. The second kappa shape index (κ2) is 6.20. The summed E-state index contributed by atoms with van der Waals surface area (Å²) in [7, 11) is 0. The first-order chi connectivity index (χ1) is 9.56. The Morgan fingerprint density at radius 3 is 2.20 bits per heavy atom. The Morgan fingerprint density at radius 2 is 1.60 bits per heavy atom. The van der Waals surface area contributed by atoms with Crippen molar-refractivity contribution in [2.24, 2.45) is 0 Å². The first kappa shape index (κ1) is 14.1. The number of hydrogen-bond donors (Lipinski definition) is 1. The van der Waals surface area contributed by atoms with Crippen molar-refractivity contribution >= 4 is 17.7 Å². The molecule has 0 saturated carbocycles. The van der Waals surface area contributed by atoms with E-state index in [-0.39, 0.29) is 5.91 Å². The van der Waals surface area contributed by atoms with Gasteiger partial charge in [0.05, 0.1) is 0 Å². The minimum atomic E-state index is -0.107. The zero-order valence-electron chi connectivity index (χ0n) is 12.1. The molecular weight excluding hydrogens is 246 g/mol. The van der Waals surface area contributed by atoms with Gasteiger partial charge in [-0.1, -0.05) is 48.0 Å². The molecule has 20 heavy (non-hydrogen) atoms. The van der Waals surface area contributed by atoms with Crippen LogP contribution < -0.4 is 5.32 Å². The lowest BCUT2D eigenvalue weighted by atomic mass is 10.1. The average Bonchev–Trinajstić information content (AvgIpc) is 2.42. The third-order valence-corrected chi connectivity index (χ3v) is 3.15. The zero-order valence-corrected chi connectivity index (χ0v) is 12.1. The Bertz CT molecular complexity index is 619. The Hall–Kier alpha value is -2.35. The maximum absolute atomic E-state index is 12.0. The highest BCUT2D eigenvalue weighted by molar-refractivity contribution is 6.02. The highest BCUT2D eigenvalue weighted by Crippen LogP contribution is 2.21. The summed E-state index contributed by atoms with van der Waals surface area (Å²) in [5, 5.41) is 2.95. The van der Waals surface area contributed by atoms with Crippen LogP contribution in [0, 0.1) is 20.8 Å². The molecule has 2 rings (SSSR count). The predicted octanol–water partition coefficient (Wildman–Crippen LogP) is 4.26. The van der Waals surface area contributed by atoms with Crippen molar-refractivity contribution in [1.29, 1.82) is 0 Å². The van der Waals surface area contributed by atoms with Crippen LogP contribution in [0.3, 0.4) is 0 Å². The molecule has 0 fully saturated rings. The van der Waals surface area contributed by atoms with Gasteiger partial charge in [0.15, 0.2) is 0 Å². The maximum Gasteiger partial charge on any atom is 0.248 e. The van der Waals surface area contributed by atoms with Crippen LogP contribution in [0.1, 0.15) is 22.3 Å². The molecular formula is C18H19NO. The molecule has 0 saturated heterocycles. The Kier molecular flexibility index (Phi) is 4.36. The summed E-state index contributed by atoms with van der Waals surface area (Å²) in [6.45, 7) is 6.08. The van der Waals surface area contributed by atoms with E-state index in [0.717, 1.165) is 22.4 Å². The van der Waals surface area contributed by atoms with Crippen molar-refractivity contribution in [2.45, 2.75) is 20.8 Å². The molecule has 0 aliphatic heterocycles. The van der Waals surface area contributed by atoms with Crippen molar-refractivity contribution in [3.8, 4) is 0 Å². The van der Waals surface area contributed by atoms with E-state index in [9.17, 15) is 4.79 Å². The van der Waals surface area contributed by atoms with Crippen molar-refractivity contribution in [2.75, 3.05) is 5.32 Å². The van der Waals surface area contributed by atoms with Gasteiger partial charge in [0.25, 0.3) is 0 Å². The summed E-state index contributed by atoms with van der Waals surface area (Å²) in [4.78, 5) is 12.0. The summed E-state index contributed by atoms with van der Waals surface area (Å²) < 4.78 is 0. The topological polar surface area (TPSA) is 29.1 Å². The normalized spacial score (nSPS) is 10.8. The fraction of sp³-hybridized carbons (Fsp3) is 0.167. The average molecular weight is 265 g/mol. The van der Waals surface area contributed by atoms with Crippen LogP contribution in [-0.2, 0) is 4.79 Å². The molecule has 2 aromatic carbocycles. The molecule has 1 amide bonds. The Balaban J connectivity index is 2.11. The van der Waals surface area contributed by atoms with Gasteiger partial charge in [-0.25, -0.2) is 0 Å².